The topological polar surface area (TPSA) is 26.0 Å². The summed E-state index contributed by atoms with van der Waals surface area (Å²) in [7, 11) is 0. The third kappa shape index (κ3) is 8.94. The van der Waals surface area contributed by atoms with E-state index in [-0.39, 0.29) is 5.54 Å². The van der Waals surface area contributed by atoms with E-state index in [1.807, 2.05) is 0 Å². The van der Waals surface area contributed by atoms with E-state index in [4.69, 9.17) is 5.73 Å². The maximum atomic E-state index is 7.35. The highest BCUT2D eigenvalue weighted by Crippen LogP contribution is 2.49. The van der Waals surface area contributed by atoms with Crippen LogP contribution in [0.15, 0.2) is 0 Å². The molecule has 0 aliphatic heterocycles. The van der Waals surface area contributed by atoms with Crippen LogP contribution in [0.2, 0.25) is 0 Å². The third-order valence-electron chi connectivity index (χ3n) is 6.54. The summed E-state index contributed by atoms with van der Waals surface area (Å²) in [6.07, 6.45) is 22.6. The lowest BCUT2D eigenvalue weighted by atomic mass is 9.58. The summed E-state index contributed by atoms with van der Waals surface area (Å²) in [5, 5.41) is 0. The summed E-state index contributed by atoms with van der Waals surface area (Å²) in [5.74, 6) is 0. The van der Waals surface area contributed by atoms with Crippen molar-refractivity contribution in [1.82, 2.24) is 0 Å². The Morgan fingerprint density at radius 2 is 0.800 bits per heavy atom. The van der Waals surface area contributed by atoms with Gasteiger partial charge in [-0.2, -0.15) is 0 Å². The van der Waals surface area contributed by atoms with Gasteiger partial charge in [-0.05, 0) is 37.5 Å². The van der Waals surface area contributed by atoms with E-state index >= 15 is 0 Å². The fourth-order valence-electron chi connectivity index (χ4n) is 4.68. The summed E-state index contributed by atoms with van der Waals surface area (Å²) >= 11 is 0. The van der Waals surface area contributed by atoms with Crippen molar-refractivity contribution in [2.75, 3.05) is 0 Å². The Balaban J connectivity index is 5.47. The zero-order chi connectivity index (χ0) is 19.0. The molecule has 0 aliphatic carbocycles. The minimum atomic E-state index is 0.0651. The summed E-state index contributed by atoms with van der Waals surface area (Å²) in [6.45, 7) is 11.6. The maximum Gasteiger partial charge on any atom is 0.0211 e. The van der Waals surface area contributed by atoms with Crippen LogP contribution in [0.3, 0.4) is 0 Å². The Bertz CT molecular complexity index is 268. The second kappa shape index (κ2) is 15.1. The first-order valence-electron chi connectivity index (χ1n) is 11.8. The molecule has 0 heterocycles. The van der Waals surface area contributed by atoms with Gasteiger partial charge in [-0.15, -0.1) is 0 Å². The largest absolute Gasteiger partial charge is 0.325 e. The lowest BCUT2D eigenvalue weighted by Crippen LogP contribution is -2.55. The van der Waals surface area contributed by atoms with Gasteiger partial charge in [-0.3, -0.25) is 0 Å². The van der Waals surface area contributed by atoms with Crippen molar-refractivity contribution in [2.24, 2.45) is 11.1 Å². The zero-order valence-electron chi connectivity index (χ0n) is 18.6. The van der Waals surface area contributed by atoms with Crippen LogP contribution in [0.5, 0.6) is 0 Å². The van der Waals surface area contributed by atoms with E-state index in [0.717, 1.165) is 0 Å². The van der Waals surface area contributed by atoms with Gasteiger partial charge in [0.05, 0.1) is 0 Å². The van der Waals surface area contributed by atoms with Gasteiger partial charge in [0, 0.05) is 5.54 Å². The Morgan fingerprint density at radius 1 is 0.440 bits per heavy atom. The molecule has 0 bridgehead atoms. The number of hydrogen-bond acceptors (Lipinski definition) is 1. The van der Waals surface area contributed by atoms with E-state index in [9.17, 15) is 0 Å². The van der Waals surface area contributed by atoms with E-state index in [2.05, 4.69) is 34.6 Å². The number of rotatable bonds is 18. The molecule has 0 saturated heterocycles. The molecule has 0 aromatic heterocycles. The van der Waals surface area contributed by atoms with Crippen LogP contribution in [0, 0.1) is 5.41 Å². The second-order valence-electron chi connectivity index (χ2n) is 8.66. The molecule has 0 rings (SSSR count). The quantitative estimate of drug-likeness (QED) is 0.246. The van der Waals surface area contributed by atoms with Crippen molar-refractivity contribution >= 4 is 0 Å². The van der Waals surface area contributed by atoms with Crippen LogP contribution in [0.25, 0.3) is 0 Å². The SMILES string of the molecule is CCCCCCC(CCCC)(CCCC)C(N)(CCCC)CCCC. The van der Waals surface area contributed by atoms with Gasteiger partial charge in [-0.25, -0.2) is 0 Å². The average Bonchev–Trinajstić information content (AvgIpc) is 2.63. The monoisotopic (exact) mass is 353 g/mol. The first-order valence-corrected chi connectivity index (χ1v) is 11.8. The summed E-state index contributed by atoms with van der Waals surface area (Å²) in [6, 6.07) is 0. The second-order valence-corrected chi connectivity index (χ2v) is 8.66. The van der Waals surface area contributed by atoms with Crippen LogP contribution in [0.1, 0.15) is 144 Å². The van der Waals surface area contributed by atoms with Gasteiger partial charge in [-0.1, -0.05) is 112 Å². The molecule has 25 heavy (non-hydrogen) atoms. The molecular formula is C24H51N. The molecule has 1 heteroatoms. The molecule has 0 fully saturated rings. The normalized spacial score (nSPS) is 12.7. The van der Waals surface area contributed by atoms with Gasteiger partial charge in [0.15, 0.2) is 0 Å². The fourth-order valence-corrected chi connectivity index (χ4v) is 4.68. The average molecular weight is 354 g/mol. The van der Waals surface area contributed by atoms with Crippen LogP contribution >= 0.6 is 0 Å². The summed E-state index contributed by atoms with van der Waals surface area (Å²) < 4.78 is 0. The fraction of sp³-hybridized carbons (Fsp3) is 1.00. The minimum absolute atomic E-state index is 0.0651. The molecule has 1 nitrogen and oxygen atoms in total. The highest BCUT2D eigenvalue weighted by atomic mass is 14.8. The lowest BCUT2D eigenvalue weighted by molar-refractivity contribution is 0.0528. The Labute approximate surface area is 160 Å². The summed E-state index contributed by atoms with van der Waals surface area (Å²) in [5.41, 5.74) is 7.80. The van der Waals surface area contributed by atoms with Crippen molar-refractivity contribution in [3.63, 3.8) is 0 Å². The number of hydrogen-bond donors (Lipinski definition) is 1. The van der Waals surface area contributed by atoms with Crippen LogP contribution in [-0.4, -0.2) is 5.54 Å². The molecule has 0 aromatic carbocycles. The standard InChI is InChI=1S/C24H51N/c1-6-11-16-17-20-23(18-12-7-2,19-13-8-3)24(25,21-14-9-4)22-15-10-5/h6-22,25H2,1-5H3. The zero-order valence-corrected chi connectivity index (χ0v) is 18.6. The molecule has 2 N–H and O–H groups in total. The maximum absolute atomic E-state index is 7.35. The molecule has 0 aromatic rings. The lowest BCUT2D eigenvalue weighted by Gasteiger charge is -2.50. The molecule has 0 unspecified atom stereocenters. The van der Waals surface area contributed by atoms with Gasteiger partial charge in [0.2, 0.25) is 0 Å². The van der Waals surface area contributed by atoms with E-state index < -0.39 is 0 Å². The minimum Gasteiger partial charge on any atom is -0.325 e. The van der Waals surface area contributed by atoms with Gasteiger partial charge >= 0.3 is 0 Å². The third-order valence-corrected chi connectivity index (χ3v) is 6.54. The Morgan fingerprint density at radius 3 is 1.20 bits per heavy atom. The molecule has 152 valence electrons. The van der Waals surface area contributed by atoms with E-state index in [0.29, 0.717) is 5.41 Å². The molecule has 0 saturated carbocycles. The highest BCUT2D eigenvalue weighted by molar-refractivity contribution is 5.02. The Kier molecular flexibility index (Phi) is 15.0. The van der Waals surface area contributed by atoms with Gasteiger partial charge in [0.1, 0.15) is 0 Å². The predicted octanol–water partition coefficient (Wildman–Crippen LogP) is 8.40. The van der Waals surface area contributed by atoms with Crippen molar-refractivity contribution in [3.8, 4) is 0 Å². The molecule has 0 aliphatic rings. The number of nitrogens with two attached hydrogens (primary N) is 1. The molecular weight excluding hydrogens is 302 g/mol. The van der Waals surface area contributed by atoms with Gasteiger partial charge in [0.25, 0.3) is 0 Å². The van der Waals surface area contributed by atoms with E-state index in [1.54, 1.807) is 0 Å². The van der Waals surface area contributed by atoms with Crippen LogP contribution < -0.4 is 5.73 Å². The molecule has 0 radical (unpaired) electrons. The first kappa shape index (κ1) is 25.0. The van der Waals surface area contributed by atoms with E-state index in [1.165, 1.54) is 109 Å². The molecule has 0 amide bonds. The highest BCUT2D eigenvalue weighted by Gasteiger charge is 2.45. The van der Waals surface area contributed by atoms with Crippen molar-refractivity contribution in [1.29, 1.82) is 0 Å². The first-order chi connectivity index (χ1) is 12.1. The van der Waals surface area contributed by atoms with Crippen molar-refractivity contribution < 1.29 is 0 Å². The molecule has 0 atom stereocenters. The van der Waals surface area contributed by atoms with Crippen molar-refractivity contribution in [3.05, 3.63) is 0 Å². The predicted molar refractivity (Wildman–Crippen MR) is 116 cm³/mol. The van der Waals surface area contributed by atoms with Crippen LogP contribution in [0.4, 0.5) is 0 Å². The number of unbranched alkanes of at least 4 members (excludes halogenated alkanes) is 7. The smallest absolute Gasteiger partial charge is 0.0211 e. The summed E-state index contributed by atoms with van der Waals surface area (Å²) in [4.78, 5) is 0. The van der Waals surface area contributed by atoms with Gasteiger partial charge < -0.3 is 5.73 Å². The Hall–Kier alpha value is -0.0400. The van der Waals surface area contributed by atoms with Crippen LogP contribution in [-0.2, 0) is 0 Å². The van der Waals surface area contributed by atoms with Crippen molar-refractivity contribution in [2.45, 2.75) is 149 Å². The molecule has 0 spiro atoms.